The number of benzene rings is 1. The van der Waals surface area contributed by atoms with Gasteiger partial charge in [-0.1, -0.05) is 0 Å². The topological polar surface area (TPSA) is 91.0 Å². The van der Waals surface area contributed by atoms with Gasteiger partial charge in [-0.2, -0.15) is 10.2 Å². The van der Waals surface area contributed by atoms with Crippen molar-refractivity contribution in [1.82, 2.24) is 24.9 Å². The lowest BCUT2D eigenvalue weighted by atomic mass is 10.2. The number of amides is 1. The number of ether oxygens (including phenoxy) is 1. The first-order valence-electron chi connectivity index (χ1n) is 9.12. The van der Waals surface area contributed by atoms with E-state index in [0.29, 0.717) is 35.4 Å². The molecule has 0 bridgehead atoms. The van der Waals surface area contributed by atoms with Gasteiger partial charge in [-0.05, 0) is 44.0 Å². The number of aromatic nitrogens is 4. The molecule has 146 valence electrons. The molecule has 0 unspecified atom stereocenters. The van der Waals surface area contributed by atoms with Gasteiger partial charge in [0.2, 0.25) is 5.91 Å². The van der Waals surface area contributed by atoms with Gasteiger partial charge in [-0.3, -0.25) is 9.59 Å². The Labute approximate surface area is 159 Å². The highest BCUT2D eigenvalue weighted by molar-refractivity contribution is 5.82. The highest BCUT2D eigenvalue weighted by atomic mass is 19.1. The molecule has 0 aliphatic carbocycles. The minimum atomic E-state index is -0.435. The molecule has 1 aliphatic heterocycles. The van der Waals surface area contributed by atoms with Crippen LogP contribution < -0.4 is 10.9 Å². The van der Waals surface area contributed by atoms with Gasteiger partial charge in [0.1, 0.15) is 17.9 Å². The summed E-state index contributed by atoms with van der Waals surface area (Å²) >= 11 is 0. The van der Waals surface area contributed by atoms with E-state index in [1.165, 1.54) is 28.9 Å². The van der Waals surface area contributed by atoms with Crippen molar-refractivity contribution in [2.45, 2.75) is 32.4 Å². The van der Waals surface area contributed by atoms with Gasteiger partial charge < -0.3 is 10.1 Å². The number of carbonyl (C=O) groups excluding carboxylic acids is 1. The quantitative estimate of drug-likeness (QED) is 0.715. The van der Waals surface area contributed by atoms with Crippen LogP contribution in [0.3, 0.4) is 0 Å². The summed E-state index contributed by atoms with van der Waals surface area (Å²) in [5.74, 6) is -0.685. The number of carbonyl (C=O) groups is 1. The van der Waals surface area contributed by atoms with E-state index < -0.39 is 5.56 Å². The number of nitrogens with zero attached hydrogens (tertiary/aromatic N) is 4. The van der Waals surface area contributed by atoms with Crippen LogP contribution in [0.1, 0.15) is 18.5 Å². The fraction of sp³-hybridized carbons (Fsp3) is 0.368. The minimum Gasteiger partial charge on any atom is -0.376 e. The van der Waals surface area contributed by atoms with Crippen LogP contribution in [-0.4, -0.2) is 44.7 Å². The van der Waals surface area contributed by atoms with Gasteiger partial charge >= 0.3 is 0 Å². The second-order valence-electron chi connectivity index (χ2n) is 6.78. The first kappa shape index (κ1) is 18.3. The Hall–Kier alpha value is -3.07. The molecule has 1 aromatic carbocycles. The Kier molecular flexibility index (Phi) is 4.91. The van der Waals surface area contributed by atoms with Crippen molar-refractivity contribution < 1.29 is 13.9 Å². The van der Waals surface area contributed by atoms with E-state index in [0.717, 1.165) is 17.5 Å². The van der Waals surface area contributed by atoms with E-state index in [9.17, 15) is 14.0 Å². The zero-order valence-corrected chi connectivity index (χ0v) is 15.4. The van der Waals surface area contributed by atoms with Crippen LogP contribution in [-0.2, 0) is 16.1 Å². The van der Waals surface area contributed by atoms with Gasteiger partial charge in [0, 0.05) is 18.5 Å². The molecule has 0 spiro atoms. The molecule has 1 N–H and O–H groups in total. The third kappa shape index (κ3) is 3.53. The number of hydrogen-bond acceptors (Lipinski definition) is 5. The van der Waals surface area contributed by atoms with Crippen LogP contribution in [0, 0.1) is 12.7 Å². The molecule has 28 heavy (non-hydrogen) atoms. The molecule has 1 saturated heterocycles. The summed E-state index contributed by atoms with van der Waals surface area (Å²) in [6.07, 6.45) is 3.48. The second-order valence-corrected chi connectivity index (χ2v) is 6.78. The van der Waals surface area contributed by atoms with Crippen LogP contribution in [0.5, 0.6) is 0 Å². The molecule has 3 aromatic rings. The molecule has 1 atom stereocenters. The third-order valence-corrected chi connectivity index (χ3v) is 4.78. The molecular weight excluding hydrogens is 365 g/mol. The summed E-state index contributed by atoms with van der Waals surface area (Å²) in [4.78, 5) is 25.2. The Morgan fingerprint density at radius 3 is 2.86 bits per heavy atom. The average Bonchev–Trinajstić information content (AvgIpc) is 3.35. The summed E-state index contributed by atoms with van der Waals surface area (Å²) < 4.78 is 21.3. The zero-order valence-electron chi connectivity index (χ0n) is 15.4. The van der Waals surface area contributed by atoms with Crippen LogP contribution >= 0.6 is 0 Å². The second kappa shape index (κ2) is 7.51. The highest BCUT2D eigenvalue weighted by Crippen LogP contribution is 2.17. The molecule has 8 nitrogen and oxygen atoms in total. The van der Waals surface area contributed by atoms with Crippen molar-refractivity contribution in [3.63, 3.8) is 0 Å². The van der Waals surface area contributed by atoms with Gasteiger partial charge in [-0.25, -0.2) is 13.8 Å². The summed E-state index contributed by atoms with van der Waals surface area (Å²) in [5.41, 5.74) is 0.990. The first-order valence-corrected chi connectivity index (χ1v) is 9.12. The van der Waals surface area contributed by atoms with Crippen molar-refractivity contribution in [3.8, 4) is 5.69 Å². The first-order chi connectivity index (χ1) is 13.5. The largest absolute Gasteiger partial charge is 0.376 e. The average molecular weight is 385 g/mol. The summed E-state index contributed by atoms with van der Waals surface area (Å²) in [6.45, 7) is 2.68. The summed E-state index contributed by atoms with van der Waals surface area (Å²) in [7, 11) is 0. The van der Waals surface area contributed by atoms with Crippen molar-refractivity contribution in [3.05, 3.63) is 52.3 Å². The van der Waals surface area contributed by atoms with Crippen molar-refractivity contribution in [2.24, 2.45) is 0 Å². The number of nitrogens with one attached hydrogen (secondary N) is 1. The SMILES string of the molecule is Cc1nn(CC(=O)NC[C@H]2CCCO2)c(=O)c2c1cnn2-c1ccc(F)cc1. The fourth-order valence-electron chi connectivity index (χ4n) is 3.33. The number of hydrogen-bond donors (Lipinski definition) is 1. The number of rotatable bonds is 5. The maximum Gasteiger partial charge on any atom is 0.293 e. The van der Waals surface area contributed by atoms with Gasteiger partial charge in [0.15, 0.2) is 0 Å². The molecule has 1 fully saturated rings. The predicted octanol–water partition coefficient (Wildman–Crippen LogP) is 1.32. The van der Waals surface area contributed by atoms with Crippen LogP contribution in [0.25, 0.3) is 16.6 Å². The number of fused-ring (bicyclic) bond motifs is 1. The van der Waals surface area contributed by atoms with E-state index in [1.54, 1.807) is 13.1 Å². The maximum absolute atomic E-state index is 13.2. The smallest absolute Gasteiger partial charge is 0.293 e. The van der Waals surface area contributed by atoms with Crippen LogP contribution in [0.2, 0.25) is 0 Å². The lowest BCUT2D eigenvalue weighted by Crippen LogP contribution is -2.37. The van der Waals surface area contributed by atoms with E-state index in [2.05, 4.69) is 15.5 Å². The molecule has 4 rings (SSSR count). The predicted molar refractivity (Wildman–Crippen MR) is 99.8 cm³/mol. The molecule has 1 aliphatic rings. The monoisotopic (exact) mass is 385 g/mol. The number of halogens is 1. The summed E-state index contributed by atoms with van der Waals surface area (Å²) in [6, 6.07) is 5.67. The number of aryl methyl sites for hydroxylation is 1. The van der Waals surface area contributed by atoms with Gasteiger partial charge in [0.25, 0.3) is 5.56 Å². The van der Waals surface area contributed by atoms with Gasteiger partial charge in [0.05, 0.1) is 23.7 Å². The van der Waals surface area contributed by atoms with Crippen molar-refractivity contribution >= 4 is 16.8 Å². The van der Waals surface area contributed by atoms with Crippen LogP contribution in [0.15, 0.2) is 35.3 Å². The molecule has 3 heterocycles. The Bertz CT molecular complexity index is 1070. The maximum atomic E-state index is 13.2. The highest BCUT2D eigenvalue weighted by Gasteiger charge is 2.19. The standard InChI is InChI=1S/C19H20FN5O3/c1-12-16-10-22-25(14-6-4-13(20)5-7-14)18(16)19(27)24(23-12)11-17(26)21-9-15-3-2-8-28-15/h4-7,10,15H,2-3,8-9,11H2,1H3,(H,21,26)/t15-/m1/s1. The normalized spacial score (nSPS) is 16.6. The molecule has 2 aromatic heterocycles. The Morgan fingerprint density at radius 1 is 1.36 bits per heavy atom. The van der Waals surface area contributed by atoms with Crippen LogP contribution in [0.4, 0.5) is 4.39 Å². The Morgan fingerprint density at radius 2 is 2.14 bits per heavy atom. The zero-order chi connectivity index (χ0) is 19.7. The minimum absolute atomic E-state index is 0.0257. The van der Waals surface area contributed by atoms with E-state index in [-0.39, 0.29) is 24.4 Å². The summed E-state index contributed by atoms with van der Waals surface area (Å²) in [5, 5.41) is 11.9. The molecule has 1 amide bonds. The lowest BCUT2D eigenvalue weighted by molar-refractivity contribution is -0.122. The molecule has 0 saturated carbocycles. The molecular formula is C19H20FN5O3. The molecule has 9 heteroatoms. The van der Waals surface area contributed by atoms with Crippen molar-refractivity contribution in [1.29, 1.82) is 0 Å². The van der Waals surface area contributed by atoms with E-state index in [1.807, 2.05) is 0 Å². The van der Waals surface area contributed by atoms with E-state index in [4.69, 9.17) is 4.74 Å². The van der Waals surface area contributed by atoms with Crippen molar-refractivity contribution in [2.75, 3.05) is 13.2 Å². The van der Waals surface area contributed by atoms with E-state index >= 15 is 0 Å². The van der Waals surface area contributed by atoms with Gasteiger partial charge in [-0.15, -0.1) is 0 Å². The molecule has 0 radical (unpaired) electrons. The fourth-order valence-corrected chi connectivity index (χ4v) is 3.33. The third-order valence-electron chi connectivity index (χ3n) is 4.78. The lowest BCUT2D eigenvalue weighted by Gasteiger charge is -2.12. The Balaban J connectivity index is 1.63.